The molecule has 0 aliphatic heterocycles. The van der Waals surface area contributed by atoms with Crippen molar-refractivity contribution in [1.29, 1.82) is 4.29 Å². The third-order valence-electron chi connectivity index (χ3n) is 3.72. The van der Waals surface area contributed by atoms with Crippen molar-refractivity contribution in [2.24, 2.45) is 11.8 Å². The molecule has 0 amide bonds. The highest BCUT2D eigenvalue weighted by Crippen LogP contribution is 2.50. The van der Waals surface area contributed by atoms with E-state index in [1.807, 2.05) is 0 Å². The van der Waals surface area contributed by atoms with E-state index >= 15 is 0 Å². The van der Waals surface area contributed by atoms with Crippen molar-refractivity contribution in [2.75, 3.05) is 0 Å². The van der Waals surface area contributed by atoms with E-state index in [2.05, 4.69) is 14.4 Å². The molecule has 0 radical (unpaired) electrons. The number of fused-ring (bicyclic) bond motifs is 2. The molecule has 2 aliphatic rings. The fourth-order valence-corrected chi connectivity index (χ4v) is 5.07. The van der Waals surface area contributed by atoms with Crippen LogP contribution in [0.4, 0.5) is 0 Å². The summed E-state index contributed by atoms with van der Waals surface area (Å²) in [6, 6.07) is 0. The first-order chi connectivity index (χ1) is 7.77. The predicted octanol–water partition coefficient (Wildman–Crippen LogP) is 0.873. The third-order valence-corrected chi connectivity index (χ3v) is 5.48. The fraction of sp³-hybridized carbons (Fsp3) is 1.00. The smallest absolute Gasteiger partial charge is 0.390 e. The third kappa shape index (κ3) is 1.81. The highest BCUT2D eigenvalue weighted by Gasteiger charge is 2.51. The van der Waals surface area contributed by atoms with E-state index < -0.39 is 8.80 Å². The lowest BCUT2D eigenvalue weighted by Crippen LogP contribution is -2.50. The van der Waals surface area contributed by atoms with Crippen molar-refractivity contribution in [3.8, 4) is 0 Å². The van der Waals surface area contributed by atoms with Gasteiger partial charge in [0, 0.05) is 5.54 Å². The molecule has 0 spiro atoms. The lowest BCUT2D eigenvalue weighted by molar-refractivity contribution is 0.107. The Balaban J connectivity index is 2.22. The van der Waals surface area contributed by atoms with Gasteiger partial charge in [0.05, 0.1) is 0 Å². The molecule has 0 atom stereocenters. The van der Waals surface area contributed by atoms with Gasteiger partial charge in [-0.25, -0.2) is 0 Å². The quantitative estimate of drug-likeness (QED) is 0.601. The SMILES string of the molecule is [3H]O[Si](O[3H])(O[3H])C1C2CCCC1CCC2. The maximum absolute atomic E-state index is 7.10. The molecule has 0 heterocycles. The molecule has 0 aromatic heterocycles. The minimum Gasteiger partial charge on any atom is -0.390 e. The maximum Gasteiger partial charge on any atom is 0.496 e. The molecule has 0 aromatic rings. The van der Waals surface area contributed by atoms with Crippen LogP contribution in [0, 0.1) is 11.8 Å². The Hall–Kier alpha value is 0.0969. The summed E-state index contributed by atoms with van der Waals surface area (Å²) in [5.74, 6) is 0.834. The minimum absolute atomic E-state index is 0.0116. The first kappa shape index (κ1) is 6.56. The maximum atomic E-state index is 7.10. The second kappa shape index (κ2) is 3.35. The van der Waals surface area contributed by atoms with E-state index in [-0.39, 0.29) is 5.54 Å². The van der Waals surface area contributed by atoms with Gasteiger partial charge in [0.2, 0.25) is 0 Å². The Kier molecular flexibility index (Phi) is 1.69. The van der Waals surface area contributed by atoms with Crippen LogP contribution in [0.3, 0.4) is 0 Å². The van der Waals surface area contributed by atoms with Crippen molar-refractivity contribution in [3.63, 3.8) is 0 Å². The Bertz CT molecular complexity index is 210. The first-order valence-electron chi connectivity index (χ1n) is 6.43. The molecule has 0 saturated heterocycles. The van der Waals surface area contributed by atoms with Gasteiger partial charge in [0.15, 0.2) is 4.29 Å². The molecule has 0 aromatic carbocycles. The van der Waals surface area contributed by atoms with E-state index in [1.165, 1.54) is 12.8 Å². The Morgan fingerprint density at radius 1 is 0.923 bits per heavy atom. The molecular weight excluding hydrogens is 184 g/mol. The molecule has 2 saturated carbocycles. The van der Waals surface area contributed by atoms with Gasteiger partial charge in [-0.1, -0.05) is 38.5 Å². The van der Waals surface area contributed by atoms with E-state index in [0.717, 1.165) is 25.7 Å². The van der Waals surface area contributed by atoms with Crippen LogP contribution in [0.2, 0.25) is 5.54 Å². The van der Waals surface area contributed by atoms with Crippen LogP contribution in [0.15, 0.2) is 0 Å². The summed E-state index contributed by atoms with van der Waals surface area (Å²) in [7, 11) is -3.41. The Morgan fingerprint density at radius 3 is 1.77 bits per heavy atom. The molecule has 3 N–H and O–H groups in total. The van der Waals surface area contributed by atoms with Crippen molar-refractivity contribution < 1.29 is 14.4 Å². The van der Waals surface area contributed by atoms with Crippen molar-refractivity contribution in [1.82, 2.24) is 0 Å². The summed E-state index contributed by atoms with van der Waals surface area (Å²) in [4.78, 5) is 13.7. The molecule has 4 heteroatoms. The van der Waals surface area contributed by atoms with Gasteiger partial charge in [-0.15, -0.1) is 0 Å². The molecule has 3 nitrogen and oxygen atoms in total. The second-order valence-electron chi connectivity index (χ2n) is 4.51. The van der Waals surface area contributed by atoms with Crippen LogP contribution < -0.4 is 0 Å². The van der Waals surface area contributed by atoms with E-state index in [4.69, 9.17) is 4.29 Å². The summed E-state index contributed by atoms with van der Waals surface area (Å²) in [5, 5.41) is 0. The lowest BCUT2D eigenvalue weighted by atomic mass is 9.72. The zero-order valence-corrected chi connectivity index (χ0v) is 8.70. The monoisotopic (exact) mass is 208 g/mol. The summed E-state index contributed by atoms with van der Waals surface area (Å²) < 4.78 is 21.3. The predicted molar refractivity (Wildman–Crippen MR) is 50.8 cm³/mol. The zero-order valence-electron chi connectivity index (χ0n) is 10.7. The number of rotatable bonds is 4. The fourth-order valence-electron chi connectivity index (χ4n) is 3.25. The standard InChI is InChI=1S/C9H18O3Si/c10-13(11,12)9-7-3-1-4-8(9)6-2-5-7/h7-12H,1-6H2/i10T,11T,12T. The largest absolute Gasteiger partial charge is 0.496 e. The van der Waals surface area contributed by atoms with E-state index in [9.17, 15) is 0 Å². The zero-order chi connectivity index (χ0) is 11.6. The normalized spacial score (nSPS) is 43.4. The first-order valence-corrected chi connectivity index (χ1v) is 7.00. The van der Waals surface area contributed by atoms with Gasteiger partial charge >= 0.3 is 8.80 Å². The summed E-state index contributed by atoms with van der Waals surface area (Å²) in [5.41, 5.74) is -0.0116. The molecule has 2 rings (SSSR count). The summed E-state index contributed by atoms with van der Waals surface area (Å²) >= 11 is 0. The molecule has 2 fully saturated rings. The van der Waals surface area contributed by atoms with Gasteiger partial charge in [0.25, 0.3) is 0 Å². The van der Waals surface area contributed by atoms with Gasteiger partial charge in [0.1, 0.15) is 0 Å². The highest BCUT2D eigenvalue weighted by atomic mass is 28.4. The summed E-state index contributed by atoms with van der Waals surface area (Å²) in [6.07, 6.45) is 6.75. The average Bonchev–Trinajstić information content (AvgIpc) is 2.32. The number of hydrogen-bond acceptors (Lipinski definition) is 3. The molecular formula is C9H18O3Si. The van der Waals surface area contributed by atoms with Crippen LogP contribution >= 0.6 is 0 Å². The van der Waals surface area contributed by atoms with E-state index in [1.54, 1.807) is 0 Å². The average molecular weight is 208 g/mol. The Morgan fingerprint density at radius 2 is 1.38 bits per heavy atom. The molecule has 76 valence electrons. The van der Waals surface area contributed by atoms with Gasteiger partial charge in [-0.05, 0) is 11.8 Å². The van der Waals surface area contributed by atoms with Crippen LogP contribution in [0.1, 0.15) is 38.5 Å². The van der Waals surface area contributed by atoms with E-state index in [0.29, 0.717) is 11.8 Å². The van der Waals surface area contributed by atoms with Crippen LogP contribution in [0.5, 0.6) is 0 Å². The minimum atomic E-state index is -3.41. The van der Waals surface area contributed by atoms with Crippen LogP contribution in [-0.2, 0) is 0 Å². The Labute approximate surface area is 84.3 Å². The van der Waals surface area contributed by atoms with Crippen LogP contribution in [-0.4, -0.2) is 27.5 Å². The second-order valence-corrected chi connectivity index (χ2v) is 6.39. The van der Waals surface area contributed by atoms with Gasteiger partial charge in [-0.2, -0.15) is 0 Å². The number of hydrogen-bond donors (Lipinski definition) is 3. The van der Waals surface area contributed by atoms with Crippen LogP contribution in [0.25, 0.3) is 0 Å². The van der Waals surface area contributed by atoms with Crippen molar-refractivity contribution in [2.45, 2.75) is 44.1 Å². The molecule has 2 bridgehead atoms. The summed E-state index contributed by atoms with van der Waals surface area (Å²) in [6.45, 7) is 0. The highest BCUT2D eigenvalue weighted by molar-refractivity contribution is 6.58. The molecule has 13 heavy (non-hydrogen) atoms. The molecule has 0 unspecified atom stereocenters. The van der Waals surface area contributed by atoms with Gasteiger partial charge in [-0.3, -0.25) is 0 Å². The molecule has 2 aliphatic carbocycles. The van der Waals surface area contributed by atoms with Gasteiger partial charge < -0.3 is 14.4 Å². The van der Waals surface area contributed by atoms with Crippen molar-refractivity contribution in [3.05, 3.63) is 0 Å². The topological polar surface area (TPSA) is 60.7 Å². The lowest BCUT2D eigenvalue weighted by Gasteiger charge is -2.44. The van der Waals surface area contributed by atoms with Crippen molar-refractivity contribution >= 4 is 8.80 Å².